The Morgan fingerprint density at radius 3 is 2.92 bits per heavy atom. The summed E-state index contributed by atoms with van der Waals surface area (Å²) in [5.74, 6) is 0.971. The lowest BCUT2D eigenvalue weighted by molar-refractivity contribution is 0.0757. The fourth-order valence-corrected chi connectivity index (χ4v) is 3.42. The van der Waals surface area contributed by atoms with E-state index in [9.17, 15) is 4.79 Å². The number of hydrogen-bond donors (Lipinski definition) is 0. The van der Waals surface area contributed by atoms with E-state index in [1.165, 1.54) is 12.8 Å². The Morgan fingerprint density at radius 1 is 1.21 bits per heavy atom. The molecule has 1 saturated carbocycles. The van der Waals surface area contributed by atoms with Crippen LogP contribution in [-0.4, -0.2) is 38.9 Å². The number of carbonyl (C=O) groups is 1. The average molecular weight is 322 g/mol. The van der Waals surface area contributed by atoms with Crippen molar-refractivity contribution < 1.29 is 9.21 Å². The van der Waals surface area contributed by atoms with Crippen LogP contribution in [-0.2, 0) is 0 Å². The quantitative estimate of drug-likeness (QED) is 0.743. The van der Waals surface area contributed by atoms with E-state index in [1.54, 1.807) is 0 Å². The molecule has 1 amide bonds. The van der Waals surface area contributed by atoms with Gasteiger partial charge >= 0.3 is 0 Å². The molecule has 1 saturated heterocycles. The Kier molecular flexibility index (Phi) is 2.98. The molecule has 1 aliphatic heterocycles. The first-order chi connectivity index (χ1) is 11.8. The van der Waals surface area contributed by atoms with Crippen molar-refractivity contribution in [3.8, 4) is 0 Å². The SMILES string of the molecule is O=C(c1cc2ccccc2o1)N1CC[C@H](n2cc(C3CC3)nn2)C1. The Labute approximate surface area is 139 Å². The number of likely N-dealkylation sites (tertiary alicyclic amines) is 1. The summed E-state index contributed by atoms with van der Waals surface area (Å²) in [6.45, 7) is 1.38. The number of amides is 1. The lowest BCUT2D eigenvalue weighted by Gasteiger charge is -2.14. The molecule has 6 heteroatoms. The number of benzene rings is 1. The van der Waals surface area contributed by atoms with E-state index in [2.05, 4.69) is 16.5 Å². The van der Waals surface area contributed by atoms with E-state index in [-0.39, 0.29) is 11.9 Å². The molecule has 2 fully saturated rings. The zero-order chi connectivity index (χ0) is 16.1. The highest BCUT2D eigenvalue weighted by Crippen LogP contribution is 2.39. The highest BCUT2D eigenvalue weighted by molar-refractivity contribution is 5.96. The number of hydrogen-bond acceptors (Lipinski definition) is 4. The van der Waals surface area contributed by atoms with Gasteiger partial charge in [-0.15, -0.1) is 5.10 Å². The van der Waals surface area contributed by atoms with Gasteiger partial charge in [-0.25, -0.2) is 4.68 Å². The molecule has 3 heterocycles. The minimum Gasteiger partial charge on any atom is -0.451 e. The number of nitrogens with zero attached hydrogens (tertiary/aromatic N) is 4. The summed E-state index contributed by atoms with van der Waals surface area (Å²) in [4.78, 5) is 14.6. The number of rotatable bonds is 3. The Morgan fingerprint density at radius 2 is 2.08 bits per heavy atom. The van der Waals surface area contributed by atoms with Gasteiger partial charge in [-0.2, -0.15) is 0 Å². The van der Waals surface area contributed by atoms with Gasteiger partial charge in [0.15, 0.2) is 5.76 Å². The van der Waals surface area contributed by atoms with Crippen molar-refractivity contribution in [1.29, 1.82) is 0 Å². The summed E-state index contributed by atoms with van der Waals surface area (Å²) in [5, 5.41) is 9.50. The van der Waals surface area contributed by atoms with Crippen LogP contribution in [0.3, 0.4) is 0 Å². The maximum Gasteiger partial charge on any atom is 0.289 e. The molecule has 0 unspecified atom stereocenters. The number of aromatic nitrogens is 3. The van der Waals surface area contributed by atoms with Crippen molar-refractivity contribution in [3.05, 3.63) is 48.0 Å². The van der Waals surface area contributed by atoms with Crippen LogP contribution in [0.1, 0.15) is 47.5 Å². The predicted molar refractivity (Wildman–Crippen MR) is 87.8 cm³/mol. The van der Waals surface area contributed by atoms with Crippen LogP contribution >= 0.6 is 0 Å². The molecule has 1 aromatic carbocycles. The standard InChI is InChI=1S/C18H18N4O2/c23-18(17-9-13-3-1-2-4-16(13)24-17)21-8-7-14(10-21)22-11-15(19-20-22)12-5-6-12/h1-4,9,11-12,14H,5-8,10H2/t14-/m0/s1. The van der Waals surface area contributed by atoms with Gasteiger partial charge in [-0.3, -0.25) is 4.79 Å². The zero-order valence-corrected chi connectivity index (χ0v) is 13.3. The molecule has 0 bridgehead atoms. The van der Waals surface area contributed by atoms with E-state index < -0.39 is 0 Å². The molecule has 6 nitrogen and oxygen atoms in total. The molecule has 3 aromatic rings. The predicted octanol–water partition coefficient (Wildman–Crippen LogP) is 2.99. The van der Waals surface area contributed by atoms with Crippen molar-refractivity contribution in [2.24, 2.45) is 0 Å². The summed E-state index contributed by atoms with van der Waals surface area (Å²) in [6, 6.07) is 9.73. The lowest BCUT2D eigenvalue weighted by Crippen LogP contribution is -2.28. The molecular formula is C18H18N4O2. The largest absolute Gasteiger partial charge is 0.451 e. The van der Waals surface area contributed by atoms with E-state index in [1.807, 2.05) is 39.9 Å². The number of carbonyl (C=O) groups excluding carboxylic acids is 1. The summed E-state index contributed by atoms with van der Waals surface area (Å²) in [5.41, 5.74) is 1.85. The van der Waals surface area contributed by atoms with Gasteiger partial charge in [0, 0.05) is 30.6 Å². The molecular weight excluding hydrogens is 304 g/mol. The smallest absolute Gasteiger partial charge is 0.289 e. The van der Waals surface area contributed by atoms with Gasteiger partial charge < -0.3 is 9.32 Å². The van der Waals surface area contributed by atoms with Gasteiger partial charge in [-0.05, 0) is 31.4 Å². The van der Waals surface area contributed by atoms with Gasteiger partial charge in [0.1, 0.15) is 5.58 Å². The average Bonchev–Trinajstić information content (AvgIpc) is 3.07. The third kappa shape index (κ3) is 2.29. The van der Waals surface area contributed by atoms with Crippen LogP contribution in [0.15, 0.2) is 40.9 Å². The van der Waals surface area contributed by atoms with Crippen molar-refractivity contribution in [2.75, 3.05) is 13.1 Å². The third-order valence-electron chi connectivity index (χ3n) is 4.98. The van der Waals surface area contributed by atoms with Crippen LogP contribution in [0.25, 0.3) is 11.0 Å². The molecule has 2 aliphatic rings. The molecule has 1 atom stereocenters. The maximum atomic E-state index is 12.7. The minimum absolute atomic E-state index is 0.0452. The van der Waals surface area contributed by atoms with Gasteiger partial charge in [0.05, 0.1) is 11.7 Å². The van der Waals surface area contributed by atoms with Crippen LogP contribution in [0.4, 0.5) is 0 Å². The topological polar surface area (TPSA) is 64.2 Å². The van der Waals surface area contributed by atoms with Gasteiger partial charge in [-0.1, -0.05) is 23.4 Å². The molecule has 0 radical (unpaired) electrons. The second-order valence-corrected chi connectivity index (χ2v) is 6.74. The highest BCUT2D eigenvalue weighted by atomic mass is 16.3. The molecule has 1 aliphatic carbocycles. The van der Waals surface area contributed by atoms with Gasteiger partial charge in [0.25, 0.3) is 5.91 Å². The molecule has 24 heavy (non-hydrogen) atoms. The second kappa shape index (κ2) is 5.19. The second-order valence-electron chi connectivity index (χ2n) is 6.74. The van der Waals surface area contributed by atoms with Crippen LogP contribution in [0, 0.1) is 0 Å². The van der Waals surface area contributed by atoms with Crippen molar-refractivity contribution >= 4 is 16.9 Å². The van der Waals surface area contributed by atoms with Crippen molar-refractivity contribution in [2.45, 2.75) is 31.2 Å². The molecule has 0 spiro atoms. The van der Waals surface area contributed by atoms with Crippen molar-refractivity contribution in [3.63, 3.8) is 0 Å². The van der Waals surface area contributed by atoms with Crippen LogP contribution in [0.5, 0.6) is 0 Å². The van der Waals surface area contributed by atoms with Crippen molar-refractivity contribution in [1.82, 2.24) is 19.9 Å². The summed E-state index contributed by atoms with van der Waals surface area (Å²) >= 11 is 0. The van der Waals surface area contributed by atoms with Crippen LogP contribution < -0.4 is 0 Å². The Hall–Kier alpha value is -2.63. The minimum atomic E-state index is -0.0452. The van der Waals surface area contributed by atoms with Gasteiger partial charge in [0.2, 0.25) is 0 Å². The highest BCUT2D eigenvalue weighted by Gasteiger charge is 2.32. The normalized spacial score (nSPS) is 20.8. The Balaban J connectivity index is 1.33. The summed E-state index contributed by atoms with van der Waals surface area (Å²) in [7, 11) is 0. The van der Waals surface area contributed by atoms with E-state index in [0.29, 0.717) is 18.2 Å². The van der Waals surface area contributed by atoms with E-state index in [0.717, 1.165) is 29.6 Å². The monoisotopic (exact) mass is 322 g/mol. The first kappa shape index (κ1) is 13.8. The molecule has 5 rings (SSSR count). The fourth-order valence-electron chi connectivity index (χ4n) is 3.42. The maximum absolute atomic E-state index is 12.7. The Bertz CT molecular complexity index is 876. The molecule has 2 aromatic heterocycles. The van der Waals surface area contributed by atoms with Crippen LogP contribution in [0.2, 0.25) is 0 Å². The first-order valence-corrected chi connectivity index (χ1v) is 8.47. The van der Waals surface area contributed by atoms with E-state index in [4.69, 9.17) is 4.42 Å². The first-order valence-electron chi connectivity index (χ1n) is 8.47. The van der Waals surface area contributed by atoms with E-state index >= 15 is 0 Å². The third-order valence-corrected chi connectivity index (χ3v) is 4.98. The zero-order valence-electron chi connectivity index (χ0n) is 13.3. The molecule has 0 N–H and O–H groups in total. The molecule has 122 valence electrons. The summed E-state index contributed by atoms with van der Waals surface area (Å²) < 4.78 is 7.63. The number of furan rings is 1. The summed E-state index contributed by atoms with van der Waals surface area (Å²) in [6.07, 6.45) is 5.40. The lowest BCUT2D eigenvalue weighted by atomic mass is 10.2. The number of fused-ring (bicyclic) bond motifs is 1. The fraction of sp³-hybridized carbons (Fsp3) is 0.389. The number of para-hydroxylation sites is 1.